The summed E-state index contributed by atoms with van der Waals surface area (Å²) >= 11 is 6.51. The molecule has 4 rings (SSSR count). The molecule has 1 N–H and O–H groups in total. The van der Waals surface area contributed by atoms with Gasteiger partial charge in [0.15, 0.2) is 0 Å². The van der Waals surface area contributed by atoms with Gasteiger partial charge in [0.2, 0.25) is 0 Å². The quantitative estimate of drug-likeness (QED) is 0.554. The molecule has 4 aromatic rings. The van der Waals surface area contributed by atoms with E-state index in [4.69, 9.17) is 11.6 Å². The molecule has 0 aliphatic carbocycles. The molecule has 2 aromatic heterocycles. The molecule has 2 aromatic carbocycles. The van der Waals surface area contributed by atoms with Crippen LogP contribution in [0.2, 0.25) is 5.02 Å². The van der Waals surface area contributed by atoms with Crippen LogP contribution in [0.3, 0.4) is 0 Å². The number of benzene rings is 2. The lowest BCUT2D eigenvalue weighted by molar-refractivity contribution is 1.32. The number of hydrogen-bond donors (Lipinski definition) is 1. The number of rotatable bonds is 2. The molecule has 2 heterocycles. The van der Waals surface area contributed by atoms with Gasteiger partial charge in [-0.25, -0.2) is 4.98 Å². The van der Waals surface area contributed by atoms with Gasteiger partial charge in [0.1, 0.15) is 5.82 Å². The van der Waals surface area contributed by atoms with Crippen LogP contribution in [0, 0.1) is 0 Å². The number of para-hydroxylation sites is 1. The highest BCUT2D eigenvalue weighted by atomic mass is 35.5. The third kappa shape index (κ3) is 2.16. The van der Waals surface area contributed by atoms with E-state index in [2.05, 4.69) is 21.4 Å². The average Bonchev–Trinajstić information content (AvgIpc) is 2.58. The molecule has 0 fully saturated rings. The fraction of sp³-hybridized carbons (Fsp3) is 0. The summed E-state index contributed by atoms with van der Waals surface area (Å²) in [4.78, 5) is 8.87. The molecule has 22 heavy (non-hydrogen) atoms. The van der Waals surface area contributed by atoms with E-state index in [-0.39, 0.29) is 0 Å². The second-order valence-corrected chi connectivity index (χ2v) is 5.39. The molecule has 0 saturated heterocycles. The number of anilines is 2. The van der Waals surface area contributed by atoms with Crippen LogP contribution in [0.1, 0.15) is 0 Å². The smallest absolute Gasteiger partial charge is 0.138 e. The van der Waals surface area contributed by atoms with Crippen molar-refractivity contribution in [2.24, 2.45) is 0 Å². The summed E-state index contributed by atoms with van der Waals surface area (Å²) in [6.45, 7) is 0. The minimum absolute atomic E-state index is 0.653. The van der Waals surface area contributed by atoms with E-state index < -0.39 is 0 Å². The van der Waals surface area contributed by atoms with E-state index in [9.17, 15) is 0 Å². The first kappa shape index (κ1) is 13.0. The highest BCUT2D eigenvalue weighted by molar-refractivity contribution is 6.38. The van der Waals surface area contributed by atoms with E-state index in [1.54, 1.807) is 12.4 Å². The van der Waals surface area contributed by atoms with E-state index in [0.717, 1.165) is 33.2 Å². The van der Waals surface area contributed by atoms with Crippen LogP contribution < -0.4 is 5.32 Å². The number of aromatic nitrogens is 2. The molecule has 0 radical (unpaired) electrons. The minimum Gasteiger partial charge on any atom is -0.337 e. The Hall–Kier alpha value is -2.65. The predicted molar refractivity (Wildman–Crippen MR) is 91.8 cm³/mol. The maximum Gasteiger partial charge on any atom is 0.138 e. The normalized spacial score (nSPS) is 11.0. The number of hydrogen-bond acceptors (Lipinski definition) is 3. The number of nitrogens with zero attached hydrogens (tertiary/aromatic N) is 2. The van der Waals surface area contributed by atoms with Gasteiger partial charge in [-0.15, -0.1) is 0 Å². The zero-order valence-electron chi connectivity index (χ0n) is 11.6. The van der Waals surface area contributed by atoms with Crippen molar-refractivity contribution >= 4 is 44.8 Å². The standard InChI is InChI=1S/C18H12ClN3/c19-17-14-7-3-4-8-15(14)21-11-16(17)22-18-13-6-2-1-5-12(13)9-10-20-18/h1-11H,(H,20,22). The lowest BCUT2D eigenvalue weighted by Gasteiger charge is -2.11. The zero-order valence-corrected chi connectivity index (χ0v) is 12.4. The first-order chi connectivity index (χ1) is 10.8. The molecule has 0 aliphatic rings. The maximum atomic E-state index is 6.51. The van der Waals surface area contributed by atoms with Crippen LogP contribution >= 0.6 is 11.6 Å². The van der Waals surface area contributed by atoms with E-state index in [0.29, 0.717) is 5.02 Å². The molecule has 0 saturated carbocycles. The Morgan fingerprint density at radius 3 is 2.50 bits per heavy atom. The van der Waals surface area contributed by atoms with Crippen molar-refractivity contribution < 1.29 is 0 Å². The first-order valence-electron chi connectivity index (χ1n) is 6.97. The Bertz CT molecular complexity index is 977. The van der Waals surface area contributed by atoms with Gasteiger partial charge in [-0.2, -0.15) is 0 Å². The van der Waals surface area contributed by atoms with E-state index in [1.807, 2.05) is 48.5 Å². The van der Waals surface area contributed by atoms with Crippen LogP contribution in [-0.4, -0.2) is 9.97 Å². The topological polar surface area (TPSA) is 37.8 Å². The van der Waals surface area contributed by atoms with E-state index in [1.165, 1.54) is 0 Å². The number of nitrogens with one attached hydrogen (secondary N) is 1. The van der Waals surface area contributed by atoms with Crippen molar-refractivity contribution in [1.29, 1.82) is 0 Å². The van der Waals surface area contributed by atoms with Crippen LogP contribution in [0.4, 0.5) is 11.5 Å². The molecule has 106 valence electrons. The second kappa shape index (κ2) is 5.28. The Morgan fingerprint density at radius 1 is 0.818 bits per heavy atom. The molecule has 3 nitrogen and oxygen atoms in total. The largest absolute Gasteiger partial charge is 0.337 e. The molecular formula is C18H12ClN3. The average molecular weight is 306 g/mol. The molecule has 0 atom stereocenters. The van der Waals surface area contributed by atoms with Gasteiger partial charge in [-0.1, -0.05) is 54.1 Å². The van der Waals surface area contributed by atoms with Gasteiger partial charge in [-0.3, -0.25) is 4.98 Å². The number of fused-ring (bicyclic) bond motifs is 2. The van der Waals surface area contributed by atoms with Crippen molar-refractivity contribution in [3.63, 3.8) is 0 Å². The number of pyridine rings is 2. The van der Waals surface area contributed by atoms with Crippen molar-refractivity contribution in [3.05, 3.63) is 72.0 Å². The third-order valence-electron chi connectivity index (χ3n) is 3.64. The van der Waals surface area contributed by atoms with Crippen LogP contribution in [0.5, 0.6) is 0 Å². The summed E-state index contributed by atoms with van der Waals surface area (Å²) < 4.78 is 0. The molecular weight excluding hydrogens is 294 g/mol. The predicted octanol–water partition coefficient (Wildman–Crippen LogP) is 5.18. The Balaban J connectivity index is 1.84. The second-order valence-electron chi connectivity index (χ2n) is 5.01. The highest BCUT2D eigenvalue weighted by Gasteiger charge is 2.09. The summed E-state index contributed by atoms with van der Waals surface area (Å²) in [6.07, 6.45) is 3.53. The van der Waals surface area contributed by atoms with Crippen LogP contribution in [0.25, 0.3) is 21.7 Å². The highest BCUT2D eigenvalue weighted by Crippen LogP contribution is 2.32. The molecule has 0 unspecified atom stereocenters. The Morgan fingerprint density at radius 2 is 1.59 bits per heavy atom. The van der Waals surface area contributed by atoms with Gasteiger partial charge >= 0.3 is 0 Å². The van der Waals surface area contributed by atoms with Gasteiger partial charge in [0, 0.05) is 17.0 Å². The monoisotopic (exact) mass is 305 g/mol. The van der Waals surface area contributed by atoms with Crippen molar-refractivity contribution in [2.45, 2.75) is 0 Å². The lowest BCUT2D eigenvalue weighted by Crippen LogP contribution is -1.96. The summed E-state index contributed by atoms with van der Waals surface area (Å²) in [6, 6.07) is 17.9. The summed E-state index contributed by atoms with van der Waals surface area (Å²) in [5.74, 6) is 0.775. The van der Waals surface area contributed by atoms with Crippen molar-refractivity contribution in [3.8, 4) is 0 Å². The molecule has 0 amide bonds. The van der Waals surface area contributed by atoms with Crippen molar-refractivity contribution in [2.75, 3.05) is 5.32 Å². The van der Waals surface area contributed by atoms with E-state index >= 15 is 0 Å². The molecule has 0 bridgehead atoms. The molecule has 0 spiro atoms. The summed E-state index contributed by atoms with van der Waals surface area (Å²) in [5, 5.41) is 7.06. The SMILES string of the molecule is Clc1c(Nc2nccc3ccccc23)cnc2ccccc12. The summed E-state index contributed by atoms with van der Waals surface area (Å²) in [5.41, 5.74) is 1.63. The third-order valence-corrected chi connectivity index (χ3v) is 4.04. The molecule has 0 aliphatic heterocycles. The fourth-order valence-electron chi connectivity index (χ4n) is 2.54. The van der Waals surface area contributed by atoms with Crippen molar-refractivity contribution in [1.82, 2.24) is 9.97 Å². The van der Waals surface area contributed by atoms with Gasteiger partial charge in [0.25, 0.3) is 0 Å². The van der Waals surface area contributed by atoms with Crippen LogP contribution in [-0.2, 0) is 0 Å². The van der Waals surface area contributed by atoms with Gasteiger partial charge in [-0.05, 0) is 17.5 Å². The zero-order chi connectivity index (χ0) is 14.9. The van der Waals surface area contributed by atoms with Crippen LogP contribution in [0.15, 0.2) is 67.0 Å². The lowest BCUT2D eigenvalue weighted by atomic mass is 10.1. The van der Waals surface area contributed by atoms with Gasteiger partial charge in [0.05, 0.1) is 22.4 Å². The Labute approximate surface area is 132 Å². The van der Waals surface area contributed by atoms with Gasteiger partial charge < -0.3 is 5.32 Å². The Kier molecular flexibility index (Phi) is 3.13. The summed E-state index contributed by atoms with van der Waals surface area (Å²) in [7, 11) is 0. The fourth-order valence-corrected chi connectivity index (χ4v) is 2.80. The number of halogens is 1. The first-order valence-corrected chi connectivity index (χ1v) is 7.35. The molecule has 4 heteroatoms. The maximum absolute atomic E-state index is 6.51. The minimum atomic E-state index is 0.653.